The van der Waals surface area contributed by atoms with Gasteiger partial charge in [-0.2, -0.15) is 13.2 Å². The number of aliphatic hydroxyl groups is 1. The third-order valence-electron chi connectivity index (χ3n) is 6.79. The van der Waals surface area contributed by atoms with E-state index in [1.54, 1.807) is 24.4 Å². The summed E-state index contributed by atoms with van der Waals surface area (Å²) in [6.45, 7) is 3.27. The zero-order chi connectivity index (χ0) is 27.7. The minimum atomic E-state index is -4.66. The number of rotatable bonds is 5. The number of hydrogen-bond donors (Lipinski definition) is 2. The van der Waals surface area contributed by atoms with Gasteiger partial charge in [-0.15, -0.1) is 0 Å². The number of carbonyl (C=O) groups excluding carboxylic acids is 2. The Hall–Kier alpha value is -4.03. The van der Waals surface area contributed by atoms with Crippen LogP contribution >= 0.6 is 0 Å². The summed E-state index contributed by atoms with van der Waals surface area (Å²) in [5, 5.41) is 12.2. The highest BCUT2D eigenvalue weighted by Crippen LogP contribution is 2.38. The predicted molar refractivity (Wildman–Crippen MR) is 138 cm³/mol. The molecule has 4 heterocycles. The fourth-order valence-corrected chi connectivity index (χ4v) is 4.85. The molecule has 1 fully saturated rings. The van der Waals surface area contributed by atoms with Crippen LogP contribution in [0, 0.1) is 6.92 Å². The molecule has 12 heteroatoms. The highest BCUT2D eigenvalue weighted by Gasteiger charge is 2.36. The molecular formula is C27H26F3N5O4. The van der Waals surface area contributed by atoms with Crippen molar-refractivity contribution in [2.75, 3.05) is 48.0 Å². The van der Waals surface area contributed by atoms with Crippen LogP contribution in [0.2, 0.25) is 0 Å². The summed E-state index contributed by atoms with van der Waals surface area (Å²) < 4.78 is 44.7. The fourth-order valence-electron chi connectivity index (χ4n) is 4.85. The second-order valence-corrected chi connectivity index (χ2v) is 9.37. The van der Waals surface area contributed by atoms with Crippen molar-refractivity contribution in [3.8, 4) is 11.1 Å². The van der Waals surface area contributed by atoms with E-state index in [1.165, 1.54) is 11.0 Å². The number of aromatic nitrogens is 2. The van der Waals surface area contributed by atoms with E-state index in [1.807, 2.05) is 13.0 Å². The highest BCUT2D eigenvalue weighted by atomic mass is 19.4. The highest BCUT2D eigenvalue weighted by molar-refractivity contribution is 6.04. The van der Waals surface area contributed by atoms with Gasteiger partial charge in [0.15, 0.2) is 5.82 Å². The van der Waals surface area contributed by atoms with Crippen LogP contribution in [0.25, 0.3) is 11.1 Å². The van der Waals surface area contributed by atoms with Crippen molar-refractivity contribution < 1.29 is 32.6 Å². The third kappa shape index (κ3) is 5.43. The molecule has 2 aliphatic rings. The molecule has 3 aromatic rings. The van der Waals surface area contributed by atoms with Crippen molar-refractivity contribution >= 4 is 29.0 Å². The van der Waals surface area contributed by atoms with Crippen molar-refractivity contribution in [3.05, 3.63) is 65.6 Å². The molecule has 2 amide bonds. The average Bonchev–Trinajstić information content (AvgIpc) is 3.03. The summed E-state index contributed by atoms with van der Waals surface area (Å²) in [7, 11) is 0. The van der Waals surface area contributed by atoms with E-state index in [0.717, 1.165) is 28.6 Å². The van der Waals surface area contributed by atoms with Gasteiger partial charge in [0.1, 0.15) is 5.69 Å². The van der Waals surface area contributed by atoms with E-state index in [2.05, 4.69) is 20.2 Å². The standard InChI is InChI=1S/C27H26F3N5O4/c1-16-2-3-19(33-26(38)17-4-5-31-23(11-17)27(28,29)30)12-21(16)18-10-22-25(32-14-18)35(6-8-36)24(37)13-20-15-39-9-7-34(20)22/h2-5,10-12,14,20,36H,6-9,13,15H2,1H3,(H,33,38). The number of pyridine rings is 2. The first-order valence-corrected chi connectivity index (χ1v) is 12.4. The van der Waals surface area contributed by atoms with Gasteiger partial charge in [-0.05, 0) is 48.4 Å². The van der Waals surface area contributed by atoms with Crippen molar-refractivity contribution in [1.82, 2.24) is 9.97 Å². The van der Waals surface area contributed by atoms with Gasteiger partial charge in [-0.3, -0.25) is 19.5 Å². The Kier molecular flexibility index (Phi) is 7.23. The molecule has 0 spiro atoms. The van der Waals surface area contributed by atoms with Gasteiger partial charge >= 0.3 is 6.18 Å². The third-order valence-corrected chi connectivity index (χ3v) is 6.79. The van der Waals surface area contributed by atoms with Gasteiger partial charge in [-0.25, -0.2) is 4.98 Å². The van der Waals surface area contributed by atoms with Crippen LogP contribution in [0.3, 0.4) is 0 Å². The first-order chi connectivity index (χ1) is 18.7. The van der Waals surface area contributed by atoms with Gasteiger partial charge in [0.2, 0.25) is 5.91 Å². The maximum atomic E-state index is 13.0. The Balaban J connectivity index is 1.49. The molecule has 1 atom stereocenters. The average molecular weight is 542 g/mol. The predicted octanol–water partition coefficient (Wildman–Crippen LogP) is 3.66. The second kappa shape index (κ2) is 10.6. The Bertz CT molecular complexity index is 1410. The van der Waals surface area contributed by atoms with Crippen LogP contribution in [0.15, 0.2) is 48.8 Å². The lowest BCUT2D eigenvalue weighted by Crippen LogP contribution is -2.46. The normalized spacial score (nSPS) is 17.4. The summed E-state index contributed by atoms with van der Waals surface area (Å²) in [5.41, 5.74) is 2.18. The van der Waals surface area contributed by atoms with E-state index < -0.39 is 17.8 Å². The number of aliphatic hydroxyl groups excluding tert-OH is 1. The number of β-amino-alcohol motifs (C(OH)–C–C–N with tert-alkyl or cyclic N) is 1. The minimum Gasteiger partial charge on any atom is -0.395 e. The SMILES string of the molecule is Cc1ccc(NC(=O)c2ccnc(C(F)(F)F)c2)cc1-c1cnc2c(c1)N1CCOCC1CC(=O)N2CCO. The zero-order valence-electron chi connectivity index (χ0n) is 21.0. The molecule has 1 saturated heterocycles. The van der Waals surface area contributed by atoms with Gasteiger partial charge < -0.3 is 20.1 Å². The lowest BCUT2D eigenvalue weighted by Gasteiger charge is -2.36. The van der Waals surface area contributed by atoms with E-state index in [-0.39, 0.29) is 37.1 Å². The number of alkyl halides is 3. The largest absolute Gasteiger partial charge is 0.433 e. The maximum absolute atomic E-state index is 13.0. The molecule has 204 valence electrons. The van der Waals surface area contributed by atoms with Crippen molar-refractivity contribution in [3.63, 3.8) is 0 Å². The molecule has 2 N–H and O–H groups in total. The van der Waals surface area contributed by atoms with Crippen LogP contribution in [0.5, 0.6) is 0 Å². The number of aryl methyl sites for hydroxylation is 1. The number of ether oxygens (including phenoxy) is 1. The number of fused-ring (bicyclic) bond motifs is 3. The van der Waals surface area contributed by atoms with E-state index in [0.29, 0.717) is 37.3 Å². The molecule has 1 unspecified atom stereocenters. The maximum Gasteiger partial charge on any atom is 0.433 e. The number of morpholine rings is 1. The zero-order valence-corrected chi connectivity index (χ0v) is 21.0. The number of hydrogen-bond acceptors (Lipinski definition) is 7. The number of halogens is 3. The molecule has 0 saturated carbocycles. The van der Waals surface area contributed by atoms with Crippen molar-refractivity contribution in [1.29, 1.82) is 0 Å². The minimum absolute atomic E-state index is 0.116. The molecule has 5 rings (SSSR count). The van der Waals surface area contributed by atoms with Crippen molar-refractivity contribution in [2.24, 2.45) is 0 Å². The van der Waals surface area contributed by atoms with Gasteiger partial charge in [0.25, 0.3) is 5.91 Å². The summed E-state index contributed by atoms with van der Waals surface area (Å²) in [4.78, 5) is 37.2. The first-order valence-electron chi connectivity index (χ1n) is 12.4. The number of carbonyl (C=O) groups is 2. The number of nitrogens with zero attached hydrogens (tertiary/aromatic N) is 4. The van der Waals surface area contributed by atoms with Crippen molar-refractivity contribution in [2.45, 2.75) is 25.6 Å². The lowest BCUT2D eigenvalue weighted by atomic mass is 10.00. The lowest BCUT2D eigenvalue weighted by molar-refractivity contribution is -0.141. The molecule has 9 nitrogen and oxygen atoms in total. The summed E-state index contributed by atoms with van der Waals surface area (Å²) in [6, 6.07) is 8.87. The Morgan fingerprint density at radius 3 is 2.79 bits per heavy atom. The number of nitrogens with one attached hydrogen (secondary N) is 1. The number of anilines is 3. The number of benzene rings is 1. The quantitative estimate of drug-likeness (QED) is 0.508. The molecule has 1 aromatic carbocycles. The summed E-state index contributed by atoms with van der Waals surface area (Å²) in [5.74, 6) is -0.385. The van der Waals surface area contributed by atoms with Crippen LogP contribution in [0.1, 0.15) is 28.0 Å². The topological polar surface area (TPSA) is 108 Å². The summed E-state index contributed by atoms with van der Waals surface area (Å²) in [6.07, 6.45) is -1.85. The Morgan fingerprint density at radius 1 is 1.21 bits per heavy atom. The monoisotopic (exact) mass is 541 g/mol. The van der Waals surface area contributed by atoms with Gasteiger partial charge in [0, 0.05) is 42.2 Å². The van der Waals surface area contributed by atoms with E-state index >= 15 is 0 Å². The molecule has 2 aliphatic heterocycles. The number of amides is 2. The molecule has 0 bridgehead atoms. The van der Waals surface area contributed by atoms with E-state index in [4.69, 9.17) is 4.74 Å². The fraction of sp³-hybridized carbons (Fsp3) is 0.333. The smallest absolute Gasteiger partial charge is 0.395 e. The van der Waals surface area contributed by atoms with Gasteiger partial charge in [0.05, 0.1) is 38.1 Å². The molecule has 39 heavy (non-hydrogen) atoms. The molecule has 0 aliphatic carbocycles. The Labute approximate surface area is 222 Å². The molecular weight excluding hydrogens is 515 g/mol. The van der Waals surface area contributed by atoms with Crippen LogP contribution in [-0.4, -0.2) is 65.8 Å². The van der Waals surface area contributed by atoms with Gasteiger partial charge in [-0.1, -0.05) is 6.07 Å². The van der Waals surface area contributed by atoms with Crippen LogP contribution in [0.4, 0.5) is 30.4 Å². The molecule has 0 radical (unpaired) electrons. The van der Waals surface area contributed by atoms with Crippen LogP contribution in [-0.2, 0) is 15.7 Å². The Morgan fingerprint density at radius 2 is 2.03 bits per heavy atom. The second-order valence-electron chi connectivity index (χ2n) is 9.37. The summed E-state index contributed by atoms with van der Waals surface area (Å²) >= 11 is 0. The van der Waals surface area contributed by atoms with Crippen LogP contribution < -0.4 is 15.1 Å². The van der Waals surface area contributed by atoms with E-state index in [9.17, 15) is 27.9 Å². The molecule has 2 aromatic heterocycles. The first kappa shape index (κ1) is 26.6.